The van der Waals surface area contributed by atoms with Crippen LogP contribution >= 0.6 is 34.5 Å². The lowest BCUT2D eigenvalue weighted by Gasteiger charge is -2.23. The quantitative estimate of drug-likeness (QED) is 0.643. The van der Waals surface area contributed by atoms with Gasteiger partial charge in [-0.05, 0) is 42.5 Å². The minimum Gasteiger partial charge on any atom is -0.340 e. The fourth-order valence-electron chi connectivity index (χ4n) is 1.81. The van der Waals surface area contributed by atoms with E-state index in [2.05, 4.69) is 15.6 Å². The Morgan fingerprint density at radius 3 is 3.00 bits per heavy atom. The Kier molecular flexibility index (Phi) is 5.05. The lowest BCUT2D eigenvalue weighted by atomic mass is 10.2. The van der Waals surface area contributed by atoms with E-state index >= 15 is 0 Å². The summed E-state index contributed by atoms with van der Waals surface area (Å²) >= 11 is 13.8. The van der Waals surface area contributed by atoms with E-state index in [1.165, 1.54) is 0 Å². The predicted octanol–water partition coefficient (Wildman–Crippen LogP) is 4.25. The molecule has 2 heterocycles. The number of nitrogens with zero attached hydrogens (tertiary/aromatic N) is 1. The van der Waals surface area contributed by atoms with Gasteiger partial charge < -0.3 is 5.32 Å². The summed E-state index contributed by atoms with van der Waals surface area (Å²) in [5.41, 5.74) is 1.98. The first-order valence-electron chi connectivity index (χ1n) is 5.94. The van der Waals surface area contributed by atoms with Gasteiger partial charge >= 0.3 is 0 Å². The number of rotatable bonds is 4. The molecule has 0 saturated carbocycles. The van der Waals surface area contributed by atoms with Gasteiger partial charge in [-0.15, -0.1) is 11.3 Å². The molecule has 0 fully saturated rings. The maximum absolute atomic E-state index is 6.14. The molecule has 0 spiro atoms. The number of thiophene rings is 1. The minimum atomic E-state index is -0.0312. The number of halogens is 2. The molecular formula is C13H15Cl2N3S. The van der Waals surface area contributed by atoms with Crippen LogP contribution in [-0.4, -0.2) is 11.8 Å². The molecular weight excluding hydrogens is 301 g/mol. The van der Waals surface area contributed by atoms with Crippen molar-refractivity contribution in [3.8, 4) is 0 Å². The summed E-state index contributed by atoms with van der Waals surface area (Å²) < 4.78 is 0. The molecule has 0 saturated heterocycles. The van der Waals surface area contributed by atoms with E-state index in [0.717, 1.165) is 21.2 Å². The number of nitrogens with one attached hydrogen (secondary N) is 2. The highest BCUT2D eigenvalue weighted by Crippen LogP contribution is 2.33. The summed E-state index contributed by atoms with van der Waals surface area (Å²) in [4.78, 5) is 5.38. The number of hydrogen-bond acceptors (Lipinski definition) is 4. The van der Waals surface area contributed by atoms with E-state index < -0.39 is 0 Å². The van der Waals surface area contributed by atoms with Gasteiger partial charge in [-0.25, -0.2) is 4.99 Å². The number of hydrogen-bond donors (Lipinski definition) is 2. The summed E-state index contributed by atoms with van der Waals surface area (Å²) in [5, 5.41) is 9.70. The van der Waals surface area contributed by atoms with Crippen molar-refractivity contribution in [2.75, 3.05) is 6.54 Å². The van der Waals surface area contributed by atoms with Crippen molar-refractivity contribution in [2.45, 2.75) is 20.0 Å². The summed E-state index contributed by atoms with van der Waals surface area (Å²) in [7, 11) is 0. The first kappa shape index (κ1) is 14.6. The second kappa shape index (κ2) is 6.57. The van der Waals surface area contributed by atoms with Crippen LogP contribution in [0.3, 0.4) is 0 Å². The zero-order valence-corrected chi connectivity index (χ0v) is 13.0. The average Bonchev–Trinajstić information content (AvgIpc) is 2.86. The second-order valence-electron chi connectivity index (χ2n) is 3.98. The molecule has 1 aliphatic rings. The molecule has 1 unspecified atom stereocenters. The topological polar surface area (TPSA) is 36.4 Å². The zero-order valence-electron chi connectivity index (χ0n) is 10.7. The minimum absolute atomic E-state index is 0.0312. The maximum Gasteiger partial charge on any atom is 0.197 e. The van der Waals surface area contributed by atoms with E-state index in [1.54, 1.807) is 11.3 Å². The van der Waals surface area contributed by atoms with Gasteiger partial charge in [0.25, 0.3) is 0 Å². The molecule has 1 atom stereocenters. The fourth-order valence-corrected chi connectivity index (χ4v) is 3.04. The SMILES string of the molecule is C/C=C(CNC1NC(Cl)=Nc2ccsc21)\C(Cl)=C/C. The molecule has 3 nitrogen and oxygen atoms in total. The van der Waals surface area contributed by atoms with Crippen LogP contribution < -0.4 is 10.6 Å². The van der Waals surface area contributed by atoms with Gasteiger partial charge in [-0.3, -0.25) is 5.32 Å². The third-order valence-corrected chi connectivity index (χ3v) is 4.45. The molecule has 1 aliphatic heterocycles. The fraction of sp³-hybridized carbons (Fsp3) is 0.308. The summed E-state index contributed by atoms with van der Waals surface area (Å²) in [6, 6.07) is 1.97. The smallest absolute Gasteiger partial charge is 0.197 e. The van der Waals surface area contributed by atoms with Gasteiger partial charge in [0.2, 0.25) is 0 Å². The van der Waals surface area contributed by atoms with Gasteiger partial charge in [-0.2, -0.15) is 0 Å². The molecule has 2 N–H and O–H groups in total. The van der Waals surface area contributed by atoms with Crippen LogP contribution in [0.4, 0.5) is 5.69 Å². The van der Waals surface area contributed by atoms with Crippen molar-refractivity contribution in [1.29, 1.82) is 0 Å². The Balaban J connectivity index is 2.08. The number of fused-ring (bicyclic) bond motifs is 1. The highest BCUT2D eigenvalue weighted by molar-refractivity contribution is 7.10. The van der Waals surface area contributed by atoms with Gasteiger partial charge in [-0.1, -0.05) is 23.8 Å². The molecule has 102 valence electrons. The van der Waals surface area contributed by atoms with Crippen molar-refractivity contribution in [3.63, 3.8) is 0 Å². The Labute approximate surface area is 127 Å². The lowest BCUT2D eigenvalue weighted by molar-refractivity contribution is 0.538. The van der Waals surface area contributed by atoms with Crippen molar-refractivity contribution < 1.29 is 0 Å². The summed E-state index contributed by atoms with van der Waals surface area (Å²) in [5.74, 6) is 0. The van der Waals surface area contributed by atoms with E-state index in [1.807, 2.05) is 37.4 Å². The van der Waals surface area contributed by atoms with E-state index in [-0.39, 0.29) is 6.17 Å². The van der Waals surface area contributed by atoms with Crippen LogP contribution in [0.5, 0.6) is 0 Å². The molecule has 6 heteroatoms. The van der Waals surface area contributed by atoms with E-state index in [9.17, 15) is 0 Å². The second-order valence-corrected chi connectivity index (χ2v) is 5.69. The van der Waals surface area contributed by atoms with Gasteiger partial charge in [0.15, 0.2) is 5.29 Å². The normalized spacial score (nSPS) is 19.8. The molecule has 1 aromatic rings. The van der Waals surface area contributed by atoms with Crippen LogP contribution in [0, 0.1) is 0 Å². The highest BCUT2D eigenvalue weighted by Gasteiger charge is 2.22. The van der Waals surface area contributed by atoms with Crippen LogP contribution in [0.15, 0.2) is 39.2 Å². The van der Waals surface area contributed by atoms with Crippen LogP contribution in [0.25, 0.3) is 0 Å². The molecule has 0 amide bonds. The van der Waals surface area contributed by atoms with Crippen molar-refractivity contribution in [1.82, 2.24) is 10.6 Å². The largest absolute Gasteiger partial charge is 0.340 e. The van der Waals surface area contributed by atoms with Gasteiger partial charge in [0.05, 0.1) is 10.6 Å². The molecule has 0 radical (unpaired) electrons. The van der Waals surface area contributed by atoms with Crippen LogP contribution in [0.2, 0.25) is 0 Å². The van der Waals surface area contributed by atoms with E-state index in [4.69, 9.17) is 23.2 Å². The zero-order chi connectivity index (χ0) is 13.8. The van der Waals surface area contributed by atoms with Crippen molar-refractivity contribution in [3.05, 3.63) is 39.1 Å². The molecule has 0 aromatic carbocycles. The highest BCUT2D eigenvalue weighted by atomic mass is 35.5. The predicted molar refractivity (Wildman–Crippen MR) is 84.5 cm³/mol. The molecule has 2 rings (SSSR count). The van der Waals surface area contributed by atoms with Crippen molar-refractivity contribution >= 4 is 45.5 Å². The first-order chi connectivity index (χ1) is 9.15. The standard InChI is InChI=1S/C13H15Cl2N3S/c1-3-8(9(14)4-2)7-16-12-11-10(5-6-19-11)17-13(15)18-12/h3-6,12,16H,7H2,1-2H3,(H,17,18)/b8-3-,9-4+. The molecule has 1 aromatic heterocycles. The first-order valence-corrected chi connectivity index (χ1v) is 7.58. The Bertz CT molecular complexity index is 546. The third-order valence-electron chi connectivity index (χ3n) is 2.82. The Morgan fingerprint density at radius 2 is 2.32 bits per heavy atom. The van der Waals surface area contributed by atoms with E-state index in [0.29, 0.717) is 11.8 Å². The number of allylic oxidation sites excluding steroid dienone is 2. The molecule has 0 bridgehead atoms. The maximum atomic E-state index is 6.14. The summed E-state index contributed by atoms with van der Waals surface area (Å²) in [6.45, 7) is 4.56. The van der Waals surface area contributed by atoms with Gasteiger partial charge in [0.1, 0.15) is 6.17 Å². The Morgan fingerprint density at radius 1 is 1.53 bits per heavy atom. The molecule has 0 aliphatic carbocycles. The van der Waals surface area contributed by atoms with Crippen LogP contribution in [-0.2, 0) is 0 Å². The lowest BCUT2D eigenvalue weighted by Crippen LogP contribution is -2.38. The summed E-state index contributed by atoms with van der Waals surface area (Å²) in [6.07, 6.45) is 3.86. The third kappa shape index (κ3) is 3.39. The molecule has 19 heavy (non-hydrogen) atoms. The van der Waals surface area contributed by atoms with Crippen LogP contribution in [0.1, 0.15) is 24.9 Å². The monoisotopic (exact) mass is 315 g/mol. The average molecular weight is 316 g/mol. The Hall–Kier alpha value is -0.810. The van der Waals surface area contributed by atoms with Gasteiger partial charge in [0, 0.05) is 11.6 Å². The van der Waals surface area contributed by atoms with Crippen molar-refractivity contribution in [2.24, 2.45) is 4.99 Å². The number of aliphatic imine (C=N–C) groups is 1. The number of amidine groups is 1.